The molecule has 124 valence electrons. The lowest BCUT2D eigenvalue weighted by atomic mass is 10.2. The van der Waals surface area contributed by atoms with E-state index in [4.69, 9.17) is 4.74 Å². The van der Waals surface area contributed by atoms with E-state index in [-0.39, 0.29) is 5.56 Å². The second kappa shape index (κ2) is 8.40. The van der Waals surface area contributed by atoms with Gasteiger partial charge in [0.2, 0.25) is 5.56 Å². The van der Waals surface area contributed by atoms with Crippen molar-refractivity contribution in [3.05, 3.63) is 69.4 Å². The predicted octanol–water partition coefficient (Wildman–Crippen LogP) is 5.24. The zero-order valence-corrected chi connectivity index (χ0v) is 15.5. The van der Waals surface area contributed by atoms with Gasteiger partial charge in [-0.1, -0.05) is 15.9 Å². The summed E-state index contributed by atoms with van der Waals surface area (Å²) in [4.78, 5) is 15.4. The number of ether oxygens (including phenoxy) is 1. The first kappa shape index (κ1) is 17.1. The summed E-state index contributed by atoms with van der Waals surface area (Å²) in [5.41, 5.74) is 0.750. The Bertz CT molecular complexity index is 861. The van der Waals surface area contributed by atoms with Gasteiger partial charge in [-0.15, -0.1) is 11.8 Å². The fourth-order valence-electron chi connectivity index (χ4n) is 2.34. The van der Waals surface area contributed by atoms with E-state index in [1.165, 1.54) is 11.0 Å². The number of nitrogens with one attached hydrogen (secondary N) is 1. The van der Waals surface area contributed by atoms with Crippen LogP contribution in [0.15, 0.2) is 68.8 Å². The molecule has 0 saturated carbocycles. The fraction of sp³-hybridized carbons (Fsp3) is 0.211. The molecule has 1 aromatic heterocycles. The minimum Gasteiger partial charge on any atom is -0.494 e. The molecule has 3 aromatic rings. The van der Waals surface area contributed by atoms with E-state index in [1.54, 1.807) is 0 Å². The molecule has 0 saturated heterocycles. The molecule has 2 aromatic carbocycles. The first-order valence-electron chi connectivity index (χ1n) is 7.85. The third-order valence-electron chi connectivity index (χ3n) is 3.58. The van der Waals surface area contributed by atoms with Crippen LogP contribution >= 0.6 is 27.7 Å². The number of aromatic nitrogens is 1. The number of pyridine rings is 1. The Balaban J connectivity index is 1.41. The first-order chi connectivity index (χ1) is 11.7. The van der Waals surface area contributed by atoms with Crippen LogP contribution < -0.4 is 10.3 Å². The van der Waals surface area contributed by atoms with Crippen LogP contribution in [0.5, 0.6) is 5.75 Å². The molecule has 3 rings (SSSR count). The number of unbranched alkanes of at least 4 members (excludes halogenated alkanes) is 1. The van der Waals surface area contributed by atoms with Crippen LogP contribution in [0.2, 0.25) is 0 Å². The molecule has 1 heterocycles. The van der Waals surface area contributed by atoms with E-state index in [9.17, 15) is 4.79 Å². The molecule has 0 bridgehead atoms. The number of hydrogen-bond donors (Lipinski definition) is 1. The Labute approximate surface area is 153 Å². The van der Waals surface area contributed by atoms with Crippen LogP contribution in [0.1, 0.15) is 12.8 Å². The van der Waals surface area contributed by atoms with E-state index in [0.717, 1.165) is 39.7 Å². The molecule has 3 nitrogen and oxygen atoms in total. The molecule has 0 unspecified atom stereocenters. The van der Waals surface area contributed by atoms with Crippen molar-refractivity contribution >= 4 is 38.6 Å². The largest absolute Gasteiger partial charge is 0.494 e. The molecular formula is C19H18BrNO2S. The SMILES string of the molecule is O=c1ccc2cc(OCCCCSc3ccc(Br)cc3)ccc2[nH]1. The second-order valence-electron chi connectivity index (χ2n) is 5.43. The lowest BCUT2D eigenvalue weighted by molar-refractivity contribution is 0.310. The number of benzene rings is 2. The van der Waals surface area contributed by atoms with Gasteiger partial charge in [0.25, 0.3) is 0 Å². The Kier molecular flexibility index (Phi) is 5.99. The highest BCUT2D eigenvalue weighted by Gasteiger charge is 1.99. The molecule has 0 aliphatic rings. The monoisotopic (exact) mass is 403 g/mol. The van der Waals surface area contributed by atoms with Gasteiger partial charge in [0.05, 0.1) is 6.61 Å². The van der Waals surface area contributed by atoms with Crippen LogP contribution in [0.4, 0.5) is 0 Å². The van der Waals surface area contributed by atoms with E-state index >= 15 is 0 Å². The van der Waals surface area contributed by atoms with Gasteiger partial charge in [-0.05, 0) is 67.1 Å². The molecule has 0 spiro atoms. The predicted molar refractivity (Wildman–Crippen MR) is 104 cm³/mol. The number of hydrogen-bond acceptors (Lipinski definition) is 3. The maximum absolute atomic E-state index is 11.3. The van der Waals surface area contributed by atoms with E-state index < -0.39 is 0 Å². The summed E-state index contributed by atoms with van der Waals surface area (Å²) in [5.74, 6) is 1.93. The zero-order valence-electron chi connectivity index (χ0n) is 13.1. The summed E-state index contributed by atoms with van der Waals surface area (Å²) in [6.07, 6.45) is 2.13. The van der Waals surface area contributed by atoms with Gasteiger partial charge in [0, 0.05) is 26.3 Å². The van der Waals surface area contributed by atoms with Crippen LogP contribution in [-0.2, 0) is 0 Å². The van der Waals surface area contributed by atoms with E-state index in [2.05, 4.69) is 45.2 Å². The standard InChI is InChI=1S/C19H18BrNO2S/c20-15-4-7-17(8-5-15)24-12-2-1-11-23-16-6-9-18-14(13-16)3-10-19(22)21-18/h3-10,13H,1-2,11-12H2,(H,21,22). The number of fused-ring (bicyclic) bond motifs is 1. The van der Waals surface area contributed by atoms with Gasteiger partial charge in [-0.3, -0.25) is 4.79 Å². The number of thioether (sulfide) groups is 1. The molecule has 24 heavy (non-hydrogen) atoms. The Hall–Kier alpha value is -1.72. The Morgan fingerprint density at radius 1 is 1.00 bits per heavy atom. The molecular weight excluding hydrogens is 386 g/mol. The van der Waals surface area contributed by atoms with Gasteiger partial charge >= 0.3 is 0 Å². The zero-order chi connectivity index (χ0) is 16.8. The average molecular weight is 404 g/mol. The van der Waals surface area contributed by atoms with Crippen molar-refractivity contribution in [1.29, 1.82) is 0 Å². The number of aromatic amines is 1. The van der Waals surface area contributed by atoms with Crippen molar-refractivity contribution in [2.24, 2.45) is 0 Å². The Morgan fingerprint density at radius 2 is 1.83 bits per heavy atom. The van der Waals surface area contributed by atoms with Crippen LogP contribution in [0.25, 0.3) is 10.9 Å². The summed E-state index contributed by atoms with van der Waals surface area (Å²) in [7, 11) is 0. The molecule has 0 radical (unpaired) electrons. The molecule has 5 heteroatoms. The quantitative estimate of drug-likeness (QED) is 0.433. The summed E-state index contributed by atoms with van der Waals surface area (Å²) >= 11 is 5.31. The molecule has 0 amide bonds. The third-order valence-corrected chi connectivity index (χ3v) is 5.21. The number of rotatable bonds is 7. The van der Waals surface area contributed by atoms with Crippen molar-refractivity contribution in [3.63, 3.8) is 0 Å². The molecule has 0 aliphatic carbocycles. The van der Waals surface area contributed by atoms with Gasteiger partial charge in [0.15, 0.2) is 0 Å². The highest BCUT2D eigenvalue weighted by Crippen LogP contribution is 2.22. The normalized spacial score (nSPS) is 10.9. The highest BCUT2D eigenvalue weighted by molar-refractivity contribution is 9.10. The first-order valence-corrected chi connectivity index (χ1v) is 9.63. The number of halogens is 1. The minimum absolute atomic E-state index is 0.0838. The van der Waals surface area contributed by atoms with Crippen LogP contribution in [-0.4, -0.2) is 17.3 Å². The third kappa shape index (κ3) is 4.89. The van der Waals surface area contributed by atoms with Crippen molar-refractivity contribution < 1.29 is 4.74 Å². The van der Waals surface area contributed by atoms with Gasteiger partial charge in [0.1, 0.15) is 5.75 Å². The van der Waals surface area contributed by atoms with E-state index in [1.807, 2.05) is 36.0 Å². The van der Waals surface area contributed by atoms with E-state index in [0.29, 0.717) is 6.61 Å². The second-order valence-corrected chi connectivity index (χ2v) is 7.51. The maximum Gasteiger partial charge on any atom is 0.248 e. The lowest BCUT2D eigenvalue weighted by Gasteiger charge is -2.07. The van der Waals surface area contributed by atoms with Crippen LogP contribution in [0, 0.1) is 0 Å². The summed E-state index contributed by atoms with van der Waals surface area (Å²) in [6.45, 7) is 0.704. The van der Waals surface area contributed by atoms with Gasteiger partial charge in [-0.25, -0.2) is 0 Å². The van der Waals surface area contributed by atoms with Gasteiger partial charge in [-0.2, -0.15) is 0 Å². The van der Waals surface area contributed by atoms with Crippen molar-refractivity contribution in [1.82, 2.24) is 4.98 Å². The summed E-state index contributed by atoms with van der Waals surface area (Å²) < 4.78 is 6.92. The van der Waals surface area contributed by atoms with Crippen LogP contribution in [0.3, 0.4) is 0 Å². The summed E-state index contributed by atoms with van der Waals surface area (Å²) in [6, 6.07) is 17.5. The Morgan fingerprint density at radius 3 is 2.67 bits per heavy atom. The topological polar surface area (TPSA) is 42.1 Å². The van der Waals surface area contributed by atoms with Crippen molar-refractivity contribution in [2.45, 2.75) is 17.7 Å². The maximum atomic E-state index is 11.3. The molecule has 1 N–H and O–H groups in total. The summed E-state index contributed by atoms with van der Waals surface area (Å²) in [5, 5.41) is 0.984. The fourth-order valence-corrected chi connectivity index (χ4v) is 3.51. The molecule has 0 fully saturated rings. The molecule has 0 aliphatic heterocycles. The molecule has 0 atom stereocenters. The van der Waals surface area contributed by atoms with Crippen molar-refractivity contribution in [3.8, 4) is 5.75 Å². The lowest BCUT2D eigenvalue weighted by Crippen LogP contribution is -2.02. The van der Waals surface area contributed by atoms with Crippen molar-refractivity contribution in [2.75, 3.05) is 12.4 Å². The number of H-pyrrole nitrogens is 1. The smallest absolute Gasteiger partial charge is 0.248 e. The highest BCUT2D eigenvalue weighted by atomic mass is 79.9. The minimum atomic E-state index is -0.0838. The van der Waals surface area contributed by atoms with Gasteiger partial charge < -0.3 is 9.72 Å². The average Bonchev–Trinajstić information content (AvgIpc) is 2.59.